The molecule has 3 aliphatic rings. The molecule has 3 aliphatic carbocycles. The fourth-order valence-electron chi connectivity index (χ4n) is 7.29. The van der Waals surface area contributed by atoms with Crippen LogP contribution in [0.25, 0.3) is 11.1 Å². The molecular weight excluding hydrogens is 388 g/mol. The minimum Gasteiger partial charge on any atom is -0.496 e. The van der Waals surface area contributed by atoms with Gasteiger partial charge in [0.25, 0.3) is 0 Å². The molecule has 1 N–H and O–H groups in total. The third-order valence-corrected chi connectivity index (χ3v) is 9.17. The summed E-state index contributed by atoms with van der Waals surface area (Å²) in [7, 11) is 1.70. The highest BCUT2D eigenvalue weighted by Gasteiger charge is 2.65. The van der Waals surface area contributed by atoms with Crippen molar-refractivity contribution >= 4 is 5.78 Å². The van der Waals surface area contributed by atoms with Crippen LogP contribution >= 0.6 is 0 Å². The highest BCUT2D eigenvalue weighted by atomic mass is 16.5. The Bertz CT molecular complexity index is 1090. The standard InChI is InChI=1S/C27H32O4/c1-15-17-11-21-26(4)9-7-22(28)25(2,3)20(26)13-23(29)27(21,5)18(17)12-19(30-6)24(15)16-8-10-31-14-16/h7-10,12,14,20-21,23,29H,11,13H2,1-6H3/t20-,21+,23+,26-,27-/m0/s1. The fraction of sp³-hybridized carbons (Fsp3) is 0.519. The summed E-state index contributed by atoms with van der Waals surface area (Å²) >= 11 is 0. The second kappa shape index (κ2) is 6.35. The van der Waals surface area contributed by atoms with Gasteiger partial charge in [-0.25, -0.2) is 0 Å². The maximum atomic E-state index is 12.7. The summed E-state index contributed by atoms with van der Waals surface area (Å²) in [5.41, 5.74) is 4.70. The summed E-state index contributed by atoms with van der Waals surface area (Å²) in [5.74, 6) is 1.29. The second-order valence-electron chi connectivity index (χ2n) is 10.7. The number of carbonyl (C=O) groups is 1. The highest BCUT2D eigenvalue weighted by molar-refractivity contribution is 5.95. The quantitative estimate of drug-likeness (QED) is 0.721. The number of aliphatic hydroxyl groups is 1. The molecule has 0 spiro atoms. The van der Waals surface area contributed by atoms with Gasteiger partial charge in [-0.2, -0.15) is 0 Å². The van der Waals surface area contributed by atoms with Crippen molar-refractivity contribution in [1.82, 2.24) is 0 Å². The largest absolute Gasteiger partial charge is 0.496 e. The second-order valence-corrected chi connectivity index (χ2v) is 10.7. The SMILES string of the molecule is COc1cc2c(c(C)c1-c1ccoc1)C[C@@H]1[C@@]3(C)C=CC(=O)C(C)(C)[C@@H]3C[C@@H](O)[C@@]21C. The van der Waals surface area contributed by atoms with Crippen LogP contribution in [0.2, 0.25) is 0 Å². The van der Waals surface area contributed by atoms with Crippen LogP contribution in [-0.2, 0) is 16.6 Å². The first-order chi connectivity index (χ1) is 14.6. The predicted octanol–water partition coefficient (Wildman–Crippen LogP) is 5.25. The number of allylic oxidation sites excluding steroid dienone is 2. The fourth-order valence-corrected chi connectivity index (χ4v) is 7.29. The molecule has 2 aromatic rings. The third-order valence-electron chi connectivity index (χ3n) is 9.17. The molecule has 0 radical (unpaired) electrons. The number of rotatable bonds is 2. The van der Waals surface area contributed by atoms with E-state index in [2.05, 4.69) is 32.9 Å². The molecule has 1 aromatic heterocycles. The minimum absolute atomic E-state index is 0.107. The van der Waals surface area contributed by atoms with Crippen LogP contribution in [0.4, 0.5) is 0 Å². The summed E-state index contributed by atoms with van der Waals surface area (Å²) in [5, 5.41) is 11.6. The molecule has 1 aromatic carbocycles. The zero-order valence-corrected chi connectivity index (χ0v) is 19.3. The monoisotopic (exact) mass is 420 g/mol. The van der Waals surface area contributed by atoms with E-state index in [1.54, 1.807) is 25.7 Å². The highest BCUT2D eigenvalue weighted by Crippen LogP contribution is 2.66. The van der Waals surface area contributed by atoms with E-state index in [4.69, 9.17) is 9.15 Å². The Kier molecular flexibility index (Phi) is 4.21. The van der Waals surface area contributed by atoms with Crippen molar-refractivity contribution in [1.29, 1.82) is 0 Å². The van der Waals surface area contributed by atoms with Crippen molar-refractivity contribution in [3.8, 4) is 16.9 Å². The van der Waals surface area contributed by atoms with Gasteiger partial charge in [0.15, 0.2) is 5.78 Å². The molecular formula is C27H32O4. The number of ketones is 1. The Hall–Kier alpha value is -2.33. The van der Waals surface area contributed by atoms with E-state index in [1.165, 1.54) is 16.7 Å². The number of ether oxygens (including phenoxy) is 1. The summed E-state index contributed by atoms with van der Waals surface area (Å²) in [6.07, 6.45) is 8.37. The minimum atomic E-state index is -0.515. The molecule has 1 saturated carbocycles. The number of benzene rings is 1. The molecule has 0 unspecified atom stereocenters. The number of methoxy groups -OCH3 is 1. The lowest BCUT2D eigenvalue weighted by atomic mass is 9.44. The average Bonchev–Trinajstić information content (AvgIpc) is 3.35. The molecule has 4 nitrogen and oxygen atoms in total. The molecule has 0 saturated heterocycles. The van der Waals surface area contributed by atoms with Crippen LogP contribution in [0.5, 0.6) is 5.75 Å². The number of fused-ring (bicyclic) bond motifs is 5. The van der Waals surface area contributed by atoms with Gasteiger partial charge in [-0.1, -0.05) is 33.8 Å². The zero-order chi connectivity index (χ0) is 22.3. The number of hydrogen-bond acceptors (Lipinski definition) is 4. The molecule has 0 amide bonds. The van der Waals surface area contributed by atoms with E-state index in [9.17, 15) is 9.90 Å². The van der Waals surface area contributed by atoms with E-state index in [1.807, 2.05) is 19.9 Å². The van der Waals surface area contributed by atoms with Crippen LogP contribution in [0.1, 0.15) is 50.8 Å². The Balaban J connectivity index is 1.73. The molecule has 0 aliphatic heterocycles. The van der Waals surface area contributed by atoms with Crippen LogP contribution in [-0.4, -0.2) is 24.1 Å². The Morgan fingerprint density at radius 2 is 1.94 bits per heavy atom. The van der Waals surface area contributed by atoms with Crippen LogP contribution in [0, 0.1) is 29.6 Å². The van der Waals surface area contributed by atoms with Crippen molar-refractivity contribution < 1.29 is 19.1 Å². The lowest BCUT2D eigenvalue weighted by molar-refractivity contribution is -0.143. The predicted molar refractivity (Wildman–Crippen MR) is 120 cm³/mol. The number of furan rings is 1. The maximum absolute atomic E-state index is 12.7. The lowest BCUT2D eigenvalue weighted by Gasteiger charge is -2.59. The van der Waals surface area contributed by atoms with Crippen molar-refractivity contribution in [3.05, 3.63) is 53.5 Å². The molecule has 1 fully saturated rings. The lowest BCUT2D eigenvalue weighted by Crippen LogP contribution is -2.60. The summed E-state index contributed by atoms with van der Waals surface area (Å²) in [4.78, 5) is 12.7. The molecule has 31 heavy (non-hydrogen) atoms. The Morgan fingerprint density at radius 3 is 2.58 bits per heavy atom. The van der Waals surface area contributed by atoms with Gasteiger partial charge in [-0.15, -0.1) is 0 Å². The van der Waals surface area contributed by atoms with Crippen molar-refractivity contribution in [2.75, 3.05) is 7.11 Å². The molecule has 164 valence electrons. The molecule has 4 heteroatoms. The molecule has 0 bridgehead atoms. The molecule has 1 heterocycles. The van der Waals surface area contributed by atoms with Gasteiger partial charge in [0.1, 0.15) is 5.75 Å². The topological polar surface area (TPSA) is 59.7 Å². The van der Waals surface area contributed by atoms with Crippen LogP contribution in [0.3, 0.4) is 0 Å². The van der Waals surface area contributed by atoms with Gasteiger partial charge in [-0.05, 0) is 71.9 Å². The van der Waals surface area contributed by atoms with E-state index in [-0.39, 0.29) is 23.0 Å². The summed E-state index contributed by atoms with van der Waals surface area (Å²) in [6.45, 7) is 10.8. The normalized spacial score (nSPS) is 35.5. The van der Waals surface area contributed by atoms with Crippen LogP contribution in [0.15, 0.2) is 41.2 Å². The average molecular weight is 421 g/mol. The van der Waals surface area contributed by atoms with Crippen molar-refractivity contribution in [3.63, 3.8) is 0 Å². The molecule has 5 rings (SSSR count). The van der Waals surface area contributed by atoms with Gasteiger partial charge >= 0.3 is 0 Å². The van der Waals surface area contributed by atoms with Gasteiger partial charge in [0.05, 0.1) is 25.7 Å². The first-order valence-electron chi connectivity index (χ1n) is 11.2. The van der Waals surface area contributed by atoms with Crippen molar-refractivity contribution in [2.45, 2.75) is 59.0 Å². The van der Waals surface area contributed by atoms with Gasteiger partial charge in [0.2, 0.25) is 0 Å². The smallest absolute Gasteiger partial charge is 0.161 e. The number of aliphatic hydroxyl groups excluding tert-OH is 1. The van der Waals surface area contributed by atoms with Crippen molar-refractivity contribution in [2.24, 2.45) is 22.7 Å². The van der Waals surface area contributed by atoms with E-state index in [0.29, 0.717) is 6.42 Å². The van der Waals surface area contributed by atoms with Gasteiger partial charge in [-0.3, -0.25) is 4.79 Å². The summed E-state index contributed by atoms with van der Waals surface area (Å²) in [6, 6.07) is 4.10. The first-order valence-corrected chi connectivity index (χ1v) is 11.2. The van der Waals surface area contributed by atoms with Gasteiger partial charge < -0.3 is 14.3 Å². The first kappa shape index (κ1) is 20.6. The van der Waals surface area contributed by atoms with Gasteiger partial charge in [0, 0.05) is 22.0 Å². The number of hydrogen-bond donors (Lipinski definition) is 1. The van der Waals surface area contributed by atoms with Crippen LogP contribution < -0.4 is 4.74 Å². The van der Waals surface area contributed by atoms with E-state index >= 15 is 0 Å². The Labute approximate surface area is 184 Å². The zero-order valence-electron chi connectivity index (χ0n) is 19.3. The Morgan fingerprint density at radius 1 is 1.19 bits per heavy atom. The third kappa shape index (κ3) is 2.43. The van der Waals surface area contributed by atoms with E-state index < -0.39 is 16.9 Å². The summed E-state index contributed by atoms with van der Waals surface area (Å²) < 4.78 is 11.2. The maximum Gasteiger partial charge on any atom is 0.161 e. The van der Waals surface area contributed by atoms with E-state index in [0.717, 1.165) is 23.3 Å². The molecule has 5 atom stereocenters. The number of carbonyl (C=O) groups excluding carboxylic acids is 1.